The van der Waals surface area contributed by atoms with E-state index < -0.39 is 22.5 Å². The Morgan fingerprint density at radius 1 is 1.12 bits per heavy atom. The Bertz CT molecular complexity index is 924. The second-order valence-electron chi connectivity index (χ2n) is 4.61. The van der Waals surface area contributed by atoms with Gasteiger partial charge < -0.3 is 5.32 Å². The van der Waals surface area contributed by atoms with Gasteiger partial charge in [-0.15, -0.1) is 0 Å². The number of nitriles is 1. The highest BCUT2D eigenvalue weighted by molar-refractivity contribution is 7.89. The molecule has 0 spiro atoms. The van der Waals surface area contributed by atoms with Crippen LogP contribution in [0.3, 0.4) is 0 Å². The third-order valence-electron chi connectivity index (χ3n) is 2.95. The van der Waals surface area contributed by atoms with Gasteiger partial charge in [0.25, 0.3) is 0 Å². The lowest BCUT2D eigenvalue weighted by atomic mass is 10.2. The fraction of sp³-hybridized carbons (Fsp3) is 0.0667. The van der Waals surface area contributed by atoms with Crippen molar-refractivity contribution >= 4 is 44.8 Å². The highest BCUT2D eigenvalue weighted by Crippen LogP contribution is 2.24. The number of hydrogen-bond donors (Lipinski definition) is 2. The van der Waals surface area contributed by atoms with Crippen molar-refractivity contribution in [3.05, 3.63) is 58.1 Å². The highest BCUT2D eigenvalue weighted by atomic mass is 35.5. The van der Waals surface area contributed by atoms with Crippen molar-refractivity contribution in [2.45, 2.75) is 4.90 Å². The van der Waals surface area contributed by atoms with Gasteiger partial charge in [-0.1, -0.05) is 35.3 Å². The zero-order valence-corrected chi connectivity index (χ0v) is 14.4. The summed E-state index contributed by atoms with van der Waals surface area (Å²) in [6.07, 6.45) is 0. The van der Waals surface area contributed by atoms with E-state index in [0.717, 1.165) is 0 Å². The zero-order chi connectivity index (χ0) is 17.7. The maximum absolute atomic E-state index is 12.1. The molecule has 0 atom stereocenters. The summed E-state index contributed by atoms with van der Waals surface area (Å²) < 4.78 is 26.4. The number of nitrogens with one attached hydrogen (secondary N) is 2. The number of nitrogens with zero attached hydrogens (tertiary/aromatic N) is 1. The van der Waals surface area contributed by atoms with Crippen LogP contribution in [0.2, 0.25) is 10.0 Å². The first-order chi connectivity index (χ1) is 11.3. The first-order valence-electron chi connectivity index (χ1n) is 6.57. The molecule has 0 aromatic heterocycles. The van der Waals surface area contributed by atoms with Crippen LogP contribution in [0.15, 0.2) is 47.4 Å². The number of para-hydroxylation sites is 1. The van der Waals surface area contributed by atoms with Crippen LogP contribution in [0.25, 0.3) is 0 Å². The molecule has 2 aromatic rings. The second kappa shape index (κ2) is 7.64. The topological polar surface area (TPSA) is 99.1 Å². The summed E-state index contributed by atoms with van der Waals surface area (Å²) in [6, 6.07) is 12.1. The number of carbonyl (C=O) groups is 1. The molecule has 2 aromatic carbocycles. The minimum Gasteiger partial charge on any atom is -0.324 e. The molecule has 0 fully saturated rings. The van der Waals surface area contributed by atoms with Crippen LogP contribution in [-0.4, -0.2) is 20.9 Å². The van der Waals surface area contributed by atoms with Crippen LogP contribution in [-0.2, 0) is 14.8 Å². The molecule has 0 saturated heterocycles. The van der Waals surface area contributed by atoms with E-state index in [9.17, 15) is 13.2 Å². The number of benzene rings is 2. The average Bonchev–Trinajstić information content (AvgIpc) is 2.56. The van der Waals surface area contributed by atoms with Gasteiger partial charge >= 0.3 is 0 Å². The highest BCUT2D eigenvalue weighted by Gasteiger charge is 2.17. The Morgan fingerprint density at radius 3 is 2.50 bits per heavy atom. The first-order valence-corrected chi connectivity index (χ1v) is 8.81. The van der Waals surface area contributed by atoms with Gasteiger partial charge in [-0.2, -0.15) is 5.26 Å². The number of rotatable bonds is 5. The molecule has 0 saturated carbocycles. The van der Waals surface area contributed by atoms with Crippen LogP contribution < -0.4 is 10.0 Å². The maximum atomic E-state index is 12.1. The standard InChI is InChI=1S/C15H11Cl2N3O3S/c16-12-6-5-11(7-13(12)17)24(22,23)19-9-15(21)20-14-4-2-1-3-10(14)8-18/h1-7,19H,9H2,(H,20,21). The van der Waals surface area contributed by atoms with Crippen molar-refractivity contribution in [3.63, 3.8) is 0 Å². The third kappa shape index (κ3) is 4.46. The van der Waals surface area contributed by atoms with E-state index in [1.54, 1.807) is 18.2 Å². The Hall–Kier alpha value is -2.11. The number of carbonyl (C=O) groups excluding carboxylic acids is 1. The van der Waals surface area contributed by atoms with Gasteiger partial charge in [-0.05, 0) is 30.3 Å². The van der Waals surface area contributed by atoms with E-state index in [-0.39, 0.29) is 20.5 Å². The SMILES string of the molecule is N#Cc1ccccc1NC(=O)CNS(=O)(=O)c1ccc(Cl)c(Cl)c1. The Morgan fingerprint density at radius 2 is 1.83 bits per heavy atom. The first kappa shape index (κ1) is 18.2. The number of halogens is 2. The van der Waals surface area contributed by atoms with Gasteiger partial charge in [0, 0.05) is 0 Å². The van der Waals surface area contributed by atoms with Crippen molar-refractivity contribution < 1.29 is 13.2 Å². The van der Waals surface area contributed by atoms with Crippen molar-refractivity contribution in [1.82, 2.24) is 4.72 Å². The largest absolute Gasteiger partial charge is 0.324 e. The molecule has 0 radical (unpaired) electrons. The van der Waals surface area contributed by atoms with Crippen LogP contribution in [0.1, 0.15) is 5.56 Å². The molecule has 24 heavy (non-hydrogen) atoms. The average molecular weight is 384 g/mol. The summed E-state index contributed by atoms with van der Waals surface area (Å²) in [5, 5.41) is 11.7. The van der Waals surface area contributed by atoms with Crippen LogP contribution in [0, 0.1) is 11.3 Å². The molecule has 124 valence electrons. The van der Waals surface area contributed by atoms with Crippen LogP contribution in [0.4, 0.5) is 5.69 Å². The van der Waals surface area contributed by atoms with Gasteiger partial charge in [0.05, 0.1) is 32.7 Å². The quantitative estimate of drug-likeness (QED) is 0.828. The van der Waals surface area contributed by atoms with E-state index in [4.69, 9.17) is 28.5 Å². The number of hydrogen-bond acceptors (Lipinski definition) is 4. The predicted molar refractivity (Wildman–Crippen MR) is 91.4 cm³/mol. The Labute approximate surface area is 149 Å². The van der Waals surface area contributed by atoms with Gasteiger partial charge in [0.1, 0.15) is 6.07 Å². The molecule has 9 heteroatoms. The lowest BCUT2D eigenvalue weighted by Gasteiger charge is -2.09. The minimum atomic E-state index is -3.92. The van der Waals surface area contributed by atoms with E-state index in [0.29, 0.717) is 5.69 Å². The molecule has 2 rings (SSSR count). The van der Waals surface area contributed by atoms with E-state index in [1.807, 2.05) is 6.07 Å². The van der Waals surface area contributed by atoms with Gasteiger partial charge in [-0.25, -0.2) is 13.1 Å². The Balaban J connectivity index is 2.05. The summed E-state index contributed by atoms with van der Waals surface area (Å²) in [5.41, 5.74) is 0.580. The second-order valence-corrected chi connectivity index (χ2v) is 7.19. The summed E-state index contributed by atoms with van der Waals surface area (Å²) >= 11 is 11.5. The lowest BCUT2D eigenvalue weighted by molar-refractivity contribution is -0.115. The molecular weight excluding hydrogens is 373 g/mol. The summed E-state index contributed by atoms with van der Waals surface area (Å²) in [6.45, 7) is -0.498. The van der Waals surface area contributed by atoms with Crippen LogP contribution >= 0.6 is 23.2 Å². The fourth-order valence-electron chi connectivity index (χ4n) is 1.77. The molecule has 0 unspecified atom stereocenters. The van der Waals surface area contributed by atoms with Gasteiger partial charge in [-0.3, -0.25) is 4.79 Å². The van der Waals surface area contributed by atoms with Gasteiger partial charge in [0.15, 0.2) is 0 Å². The lowest BCUT2D eigenvalue weighted by Crippen LogP contribution is -2.33. The summed E-state index contributed by atoms with van der Waals surface area (Å²) in [7, 11) is -3.92. The molecule has 0 aliphatic heterocycles. The summed E-state index contributed by atoms with van der Waals surface area (Å²) in [5.74, 6) is -0.610. The maximum Gasteiger partial charge on any atom is 0.241 e. The molecule has 0 aliphatic rings. The fourth-order valence-corrected chi connectivity index (χ4v) is 3.14. The van der Waals surface area contributed by atoms with Crippen LogP contribution in [0.5, 0.6) is 0 Å². The monoisotopic (exact) mass is 383 g/mol. The van der Waals surface area contributed by atoms with Crippen molar-refractivity contribution in [2.75, 3.05) is 11.9 Å². The number of anilines is 1. The smallest absolute Gasteiger partial charge is 0.241 e. The zero-order valence-electron chi connectivity index (χ0n) is 12.1. The molecule has 0 bridgehead atoms. The molecule has 1 amide bonds. The van der Waals surface area contributed by atoms with E-state index in [2.05, 4.69) is 10.0 Å². The van der Waals surface area contributed by atoms with Gasteiger partial charge in [0.2, 0.25) is 15.9 Å². The number of amides is 1. The molecule has 0 heterocycles. The van der Waals surface area contributed by atoms with Crippen molar-refractivity contribution in [1.29, 1.82) is 5.26 Å². The van der Waals surface area contributed by atoms with E-state index >= 15 is 0 Å². The molecular formula is C15H11Cl2N3O3S. The number of sulfonamides is 1. The third-order valence-corrected chi connectivity index (χ3v) is 5.08. The molecule has 2 N–H and O–H groups in total. The summed E-state index contributed by atoms with van der Waals surface area (Å²) in [4.78, 5) is 11.8. The van der Waals surface area contributed by atoms with Crippen molar-refractivity contribution in [2.24, 2.45) is 0 Å². The molecule has 6 nitrogen and oxygen atoms in total. The predicted octanol–water partition coefficient (Wildman–Crippen LogP) is 2.78. The van der Waals surface area contributed by atoms with Crippen molar-refractivity contribution in [3.8, 4) is 6.07 Å². The molecule has 0 aliphatic carbocycles. The Kier molecular flexibility index (Phi) is 5.80. The van der Waals surface area contributed by atoms with E-state index in [1.165, 1.54) is 24.3 Å². The minimum absolute atomic E-state index is 0.0898. The normalized spacial score (nSPS) is 10.9.